The van der Waals surface area contributed by atoms with Crippen molar-refractivity contribution >= 4 is 9.03 Å². The van der Waals surface area contributed by atoms with Gasteiger partial charge in [-0.05, 0) is 41.5 Å². The molecule has 0 aliphatic heterocycles. The van der Waals surface area contributed by atoms with Crippen LogP contribution in [0.25, 0.3) is 0 Å². The predicted octanol–water partition coefficient (Wildman–Crippen LogP) is 4.93. The van der Waals surface area contributed by atoms with Crippen LogP contribution in [0, 0.1) is 17.5 Å². The van der Waals surface area contributed by atoms with E-state index in [1.807, 2.05) is 0 Å². The molecule has 0 spiro atoms. The monoisotopic (exact) mass is 406 g/mol. The quantitative estimate of drug-likeness (QED) is 0.328. The van der Waals surface area contributed by atoms with Crippen LogP contribution in [0.4, 0.5) is 13.2 Å². The molecule has 1 unspecified atom stereocenters. The van der Waals surface area contributed by atoms with Crippen molar-refractivity contribution in [3.05, 3.63) is 107 Å². The van der Waals surface area contributed by atoms with Gasteiger partial charge in [0.2, 0.25) is 0 Å². The molecule has 0 radical (unpaired) electrons. The van der Waals surface area contributed by atoms with Crippen LogP contribution < -0.4 is 0 Å². The lowest BCUT2D eigenvalue weighted by Crippen LogP contribution is -2.31. The first-order chi connectivity index (χ1) is 13.6. The molecule has 28 heavy (non-hydrogen) atoms. The van der Waals surface area contributed by atoms with E-state index in [2.05, 4.69) is 0 Å². The van der Waals surface area contributed by atoms with Crippen molar-refractivity contribution in [2.45, 2.75) is 5.60 Å². The standard InChI is InChI=1S/C21H18F3O3P/c22-17-9-5-15(6-10-17)21(27-28-26-14-13-25,16-7-11-18(23)12-8-16)19-3-1-2-4-20(19)24/h1-12,25,28H,13-14H2. The Hall–Kier alpha value is -2.24. The molecule has 1 N–H and O–H groups in total. The van der Waals surface area contributed by atoms with E-state index in [0.29, 0.717) is 11.1 Å². The number of hydrogen-bond donors (Lipinski definition) is 1. The van der Waals surface area contributed by atoms with E-state index in [0.717, 1.165) is 0 Å². The summed E-state index contributed by atoms with van der Waals surface area (Å²) in [6.07, 6.45) is 0. The van der Waals surface area contributed by atoms with Gasteiger partial charge in [-0.25, -0.2) is 13.2 Å². The Morgan fingerprint density at radius 2 is 1.32 bits per heavy atom. The smallest absolute Gasteiger partial charge is 0.156 e. The Morgan fingerprint density at radius 3 is 1.82 bits per heavy atom. The molecular weight excluding hydrogens is 388 g/mol. The lowest BCUT2D eigenvalue weighted by Gasteiger charge is -2.35. The lowest BCUT2D eigenvalue weighted by molar-refractivity contribution is 0.134. The van der Waals surface area contributed by atoms with Crippen molar-refractivity contribution in [3.63, 3.8) is 0 Å². The number of aliphatic hydroxyl groups is 1. The van der Waals surface area contributed by atoms with Gasteiger partial charge in [0, 0.05) is 5.56 Å². The highest BCUT2D eigenvalue weighted by Crippen LogP contribution is 2.45. The first-order valence-electron chi connectivity index (χ1n) is 8.50. The Labute approximate surface area is 162 Å². The first kappa shape index (κ1) is 20.5. The van der Waals surface area contributed by atoms with E-state index in [1.165, 1.54) is 54.6 Å². The van der Waals surface area contributed by atoms with Crippen molar-refractivity contribution in [1.29, 1.82) is 0 Å². The molecule has 0 amide bonds. The summed E-state index contributed by atoms with van der Waals surface area (Å²) < 4.78 is 53.3. The van der Waals surface area contributed by atoms with Crippen LogP contribution >= 0.6 is 9.03 Å². The maximum atomic E-state index is 14.9. The molecule has 3 aromatic carbocycles. The zero-order valence-electron chi connectivity index (χ0n) is 14.7. The summed E-state index contributed by atoms with van der Waals surface area (Å²) in [4.78, 5) is 0. The maximum Gasteiger partial charge on any atom is 0.156 e. The summed E-state index contributed by atoms with van der Waals surface area (Å²) >= 11 is 0. The lowest BCUT2D eigenvalue weighted by atomic mass is 9.80. The molecule has 0 aromatic heterocycles. The molecule has 3 nitrogen and oxygen atoms in total. The van der Waals surface area contributed by atoms with Crippen LogP contribution in [0.15, 0.2) is 72.8 Å². The fraction of sp³-hybridized carbons (Fsp3) is 0.143. The van der Waals surface area contributed by atoms with E-state index >= 15 is 0 Å². The van der Waals surface area contributed by atoms with Gasteiger partial charge in [0.25, 0.3) is 0 Å². The van der Waals surface area contributed by atoms with E-state index in [1.54, 1.807) is 18.2 Å². The van der Waals surface area contributed by atoms with Gasteiger partial charge in [0.05, 0.1) is 13.2 Å². The largest absolute Gasteiger partial charge is 0.394 e. The Kier molecular flexibility index (Phi) is 6.81. The van der Waals surface area contributed by atoms with Gasteiger partial charge >= 0.3 is 0 Å². The van der Waals surface area contributed by atoms with Crippen LogP contribution in [0.5, 0.6) is 0 Å². The summed E-state index contributed by atoms with van der Waals surface area (Å²) in [5.41, 5.74) is -0.426. The molecule has 0 heterocycles. The fourth-order valence-corrected chi connectivity index (χ4v) is 3.65. The molecule has 0 fully saturated rings. The molecule has 1 atom stereocenters. The fourth-order valence-electron chi connectivity index (χ4n) is 2.95. The van der Waals surface area contributed by atoms with Crippen molar-refractivity contribution in [3.8, 4) is 0 Å². The minimum Gasteiger partial charge on any atom is -0.394 e. The molecule has 0 saturated heterocycles. The van der Waals surface area contributed by atoms with E-state index in [4.69, 9.17) is 14.2 Å². The number of aliphatic hydroxyl groups excluding tert-OH is 1. The zero-order valence-corrected chi connectivity index (χ0v) is 15.7. The zero-order chi connectivity index (χ0) is 20.0. The highest BCUT2D eigenvalue weighted by Gasteiger charge is 2.40. The number of halogens is 3. The van der Waals surface area contributed by atoms with Gasteiger partial charge in [-0.1, -0.05) is 42.5 Å². The van der Waals surface area contributed by atoms with Crippen LogP contribution in [0.1, 0.15) is 16.7 Å². The first-order valence-corrected chi connectivity index (χ1v) is 9.32. The molecule has 0 saturated carbocycles. The molecule has 146 valence electrons. The van der Waals surface area contributed by atoms with Crippen LogP contribution in [-0.2, 0) is 14.6 Å². The van der Waals surface area contributed by atoms with Gasteiger partial charge in [-0.2, -0.15) is 0 Å². The molecule has 7 heteroatoms. The number of rotatable bonds is 8. The minimum absolute atomic E-state index is 0.0403. The van der Waals surface area contributed by atoms with Crippen molar-refractivity contribution < 1.29 is 27.3 Å². The Balaban J connectivity index is 2.22. The molecule has 0 aliphatic carbocycles. The highest BCUT2D eigenvalue weighted by molar-refractivity contribution is 7.26. The number of hydrogen-bond acceptors (Lipinski definition) is 3. The third-order valence-corrected chi connectivity index (χ3v) is 4.91. The molecule has 3 rings (SSSR count). The minimum atomic E-state index is -1.50. The summed E-state index contributed by atoms with van der Waals surface area (Å²) in [6, 6.07) is 17.0. The van der Waals surface area contributed by atoms with Gasteiger partial charge < -0.3 is 14.2 Å². The van der Waals surface area contributed by atoms with Gasteiger partial charge in [0.15, 0.2) is 14.6 Å². The summed E-state index contributed by atoms with van der Waals surface area (Å²) in [7, 11) is -0.556. The Bertz CT molecular complexity index is 856. The SMILES string of the molecule is OCCOPOC(c1ccc(F)cc1)(c1ccc(F)cc1)c1ccccc1F. The third-order valence-electron chi connectivity index (χ3n) is 4.20. The average Bonchev–Trinajstić information content (AvgIpc) is 2.71. The Morgan fingerprint density at radius 1 is 0.786 bits per heavy atom. The van der Waals surface area contributed by atoms with Crippen LogP contribution in [-0.4, -0.2) is 18.3 Å². The average molecular weight is 406 g/mol. The van der Waals surface area contributed by atoms with Gasteiger partial charge in [0.1, 0.15) is 17.5 Å². The third kappa shape index (κ3) is 4.26. The van der Waals surface area contributed by atoms with E-state index < -0.39 is 32.1 Å². The summed E-state index contributed by atoms with van der Waals surface area (Å²) in [5.74, 6) is -1.45. The van der Waals surface area contributed by atoms with E-state index in [9.17, 15) is 13.2 Å². The van der Waals surface area contributed by atoms with Crippen LogP contribution in [0.2, 0.25) is 0 Å². The van der Waals surface area contributed by atoms with Gasteiger partial charge in [-0.3, -0.25) is 0 Å². The second-order valence-electron chi connectivity index (χ2n) is 5.93. The van der Waals surface area contributed by atoms with Crippen molar-refractivity contribution in [2.24, 2.45) is 0 Å². The summed E-state index contributed by atoms with van der Waals surface area (Å²) in [6.45, 7) is -0.158. The molecule has 3 aromatic rings. The number of benzene rings is 3. The van der Waals surface area contributed by atoms with E-state index in [-0.39, 0.29) is 18.8 Å². The second kappa shape index (κ2) is 9.30. The maximum absolute atomic E-state index is 14.9. The molecular formula is C21H18F3O3P. The van der Waals surface area contributed by atoms with Crippen molar-refractivity contribution in [1.82, 2.24) is 0 Å². The molecule has 0 aliphatic rings. The summed E-state index contributed by atoms with van der Waals surface area (Å²) in [5, 5.41) is 8.93. The molecule has 0 bridgehead atoms. The van der Waals surface area contributed by atoms with Gasteiger partial charge in [-0.15, -0.1) is 0 Å². The van der Waals surface area contributed by atoms with Crippen LogP contribution in [0.3, 0.4) is 0 Å². The van der Waals surface area contributed by atoms with Crippen molar-refractivity contribution in [2.75, 3.05) is 13.2 Å². The highest BCUT2D eigenvalue weighted by atomic mass is 31.1. The second-order valence-corrected chi connectivity index (χ2v) is 6.59. The normalized spacial score (nSPS) is 12.0. The topological polar surface area (TPSA) is 38.7 Å². The predicted molar refractivity (Wildman–Crippen MR) is 102 cm³/mol.